The van der Waals surface area contributed by atoms with Crippen LogP contribution in [0.15, 0.2) is 15.1 Å². The molecule has 148 valence electrons. The molecule has 1 atom stereocenters. The molecule has 1 aliphatic carbocycles. The van der Waals surface area contributed by atoms with Crippen LogP contribution in [0, 0.1) is 0 Å². The van der Waals surface area contributed by atoms with Crippen molar-refractivity contribution in [3.8, 4) is 0 Å². The number of nitrogens with zero attached hydrogens (tertiary/aromatic N) is 4. The Morgan fingerprint density at radius 1 is 1.41 bits per heavy atom. The molecule has 0 spiro atoms. The zero-order chi connectivity index (χ0) is 19.9. The third kappa shape index (κ3) is 4.08. The van der Waals surface area contributed by atoms with Crippen LogP contribution in [-0.2, 0) is 24.1 Å². The number of rotatable bonds is 6. The van der Waals surface area contributed by atoms with Crippen molar-refractivity contribution in [2.75, 3.05) is 0 Å². The van der Waals surface area contributed by atoms with Gasteiger partial charge in [0.1, 0.15) is 6.04 Å². The van der Waals surface area contributed by atoms with E-state index in [2.05, 4.69) is 47.4 Å². The lowest BCUT2D eigenvalue weighted by Gasteiger charge is -2.16. The van der Waals surface area contributed by atoms with Crippen LogP contribution in [0.3, 0.4) is 0 Å². The van der Waals surface area contributed by atoms with E-state index in [0.29, 0.717) is 12.2 Å². The van der Waals surface area contributed by atoms with Crippen molar-refractivity contribution in [2.45, 2.75) is 57.9 Å². The van der Waals surface area contributed by atoms with E-state index in [4.69, 9.17) is 0 Å². The highest BCUT2D eigenvalue weighted by Crippen LogP contribution is 2.47. The van der Waals surface area contributed by atoms with Crippen molar-refractivity contribution in [3.63, 3.8) is 0 Å². The predicted octanol–water partition coefficient (Wildman–Crippen LogP) is 4.40. The Morgan fingerprint density at radius 3 is 2.63 bits per heavy atom. The minimum atomic E-state index is -4.58. The average Bonchev–Trinajstić information content (AvgIpc) is 3.28. The second-order valence-electron chi connectivity index (χ2n) is 6.41. The highest BCUT2D eigenvalue weighted by atomic mass is 79.9. The van der Waals surface area contributed by atoms with Crippen LogP contribution >= 0.6 is 31.9 Å². The molecular weight excluding hydrogens is 495 g/mol. The van der Waals surface area contributed by atoms with Crippen molar-refractivity contribution < 1.29 is 18.0 Å². The van der Waals surface area contributed by atoms with Crippen molar-refractivity contribution >= 4 is 37.8 Å². The molecule has 2 heterocycles. The smallest absolute Gasteiger partial charge is 0.349 e. The molecule has 11 heteroatoms. The van der Waals surface area contributed by atoms with Gasteiger partial charge in [-0.05, 0) is 58.5 Å². The van der Waals surface area contributed by atoms with Crippen LogP contribution in [0.5, 0.6) is 0 Å². The van der Waals surface area contributed by atoms with Gasteiger partial charge in [0, 0.05) is 12.5 Å². The molecule has 0 bridgehead atoms. The number of halogens is 5. The maximum Gasteiger partial charge on any atom is 0.436 e. The van der Waals surface area contributed by atoms with E-state index in [1.54, 1.807) is 17.8 Å². The van der Waals surface area contributed by atoms with Gasteiger partial charge in [0.2, 0.25) is 5.91 Å². The molecule has 1 fully saturated rings. The minimum absolute atomic E-state index is 0.00565. The standard InChI is InChI=1S/C16H18Br2F3N5O/c1-3-25-11(10(17)6-23-25)7-22-15(27)8(2)26-13(9-4-5-9)12(18)14(24-26)16(19,20)21/h6,8-9H,3-5,7H2,1-2H3,(H,22,27). The molecule has 0 aromatic carbocycles. The molecule has 1 N–H and O–H groups in total. The van der Waals surface area contributed by atoms with E-state index in [1.807, 2.05) is 6.92 Å². The number of carbonyl (C=O) groups excluding carboxylic acids is 1. The first-order valence-electron chi connectivity index (χ1n) is 8.48. The molecule has 0 aliphatic heterocycles. The topological polar surface area (TPSA) is 64.7 Å². The third-order valence-corrected chi connectivity index (χ3v) is 5.94. The molecule has 1 unspecified atom stereocenters. The van der Waals surface area contributed by atoms with Gasteiger partial charge in [-0.15, -0.1) is 0 Å². The van der Waals surface area contributed by atoms with Gasteiger partial charge in [-0.2, -0.15) is 23.4 Å². The Bertz CT molecular complexity index is 857. The molecule has 0 radical (unpaired) electrons. The van der Waals surface area contributed by atoms with E-state index < -0.39 is 23.8 Å². The van der Waals surface area contributed by atoms with E-state index in [0.717, 1.165) is 23.0 Å². The summed E-state index contributed by atoms with van der Waals surface area (Å²) in [5.41, 5.74) is 0.235. The van der Waals surface area contributed by atoms with Gasteiger partial charge >= 0.3 is 6.18 Å². The largest absolute Gasteiger partial charge is 0.436 e. The Labute approximate surface area is 170 Å². The number of carbonyl (C=O) groups is 1. The van der Waals surface area contributed by atoms with Gasteiger partial charge in [-0.3, -0.25) is 14.2 Å². The number of nitrogens with one attached hydrogen (secondary N) is 1. The number of hydrogen-bond acceptors (Lipinski definition) is 3. The summed E-state index contributed by atoms with van der Waals surface area (Å²) < 4.78 is 43.3. The molecular formula is C16H18Br2F3N5O. The Balaban J connectivity index is 1.82. The zero-order valence-corrected chi connectivity index (χ0v) is 17.8. The molecule has 1 aliphatic rings. The zero-order valence-electron chi connectivity index (χ0n) is 14.6. The van der Waals surface area contributed by atoms with Gasteiger partial charge in [-0.1, -0.05) is 0 Å². The maximum absolute atomic E-state index is 13.2. The van der Waals surface area contributed by atoms with Gasteiger partial charge in [-0.25, -0.2) is 0 Å². The lowest BCUT2D eigenvalue weighted by atomic mass is 10.2. The first kappa shape index (κ1) is 20.4. The van der Waals surface area contributed by atoms with Gasteiger partial charge in [0.05, 0.1) is 33.1 Å². The molecule has 0 saturated heterocycles. The number of aromatic nitrogens is 4. The summed E-state index contributed by atoms with van der Waals surface area (Å²) in [5, 5.41) is 10.7. The predicted molar refractivity (Wildman–Crippen MR) is 99.1 cm³/mol. The fraction of sp³-hybridized carbons (Fsp3) is 0.562. The second kappa shape index (κ2) is 7.57. The van der Waals surface area contributed by atoms with Crippen LogP contribution < -0.4 is 5.32 Å². The van der Waals surface area contributed by atoms with Crippen molar-refractivity contribution in [2.24, 2.45) is 0 Å². The van der Waals surface area contributed by atoms with E-state index in [9.17, 15) is 18.0 Å². The first-order valence-corrected chi connectivity index (χ1v) is 10.1. The van der Waals surface area contributed by atoms with Crippen molar-refractivity contribution in [1.29, 1.82) is 0 Å². The first-order chi connectivity index (χ1) is 12.6. The number of aryl methyl sites for hydroxylation is 1. The quantitative estimate of drug-likeness (QED) is 0.624. The van der Waals surface area contributed by atoms with Gasteiger partial charge in [0.25, 0.3) is 0 Å². The SMILES string of the molecule is CCn1ncc(Br)c1CNC(=O)C(C)n1nc(C(F)(F)F)c(Br)c1C1CC1. The molecule has 1 amide bonds. The molecule has 1 saturated carbocycles. The summed E-state index contributed by atoms with van der Waals surface area (Å²) in [7, 11) is 0. The van der Waals surface area contributed by atoms with Crippen LogP contribution in [0.4, 0.5) is 13.2 Å². The lowest BCUT2D eigenvalue weighted by molar-refractivity contribution is -0.142. The molecule has 3 rings (SSSR count). The fourth-order valence-corrected chi connectivity index (χ4v) is 4.14. The third-order valence-electron chi connectivity index (χ3n) is 4.49. The van der Waals surface area contributed by atoms with Crippen molar-refractivity contribution in [3.05, 3.63) is 32.2 Å². The van der Waals surface area contributed by atoms with E-state index >= 15 is 0 Å². The summed E-state index contributed by atoms with van der Waals surface area (Å²) in [6.07, 6.45) is -1.36. The molecule has 6 nitrogen and oxygen atoms in total. The normalized spacial score (nSPS) is 15.8. The molecule has 2 aromatic rings. The summed E-state index contributed by atoms with van der Waals surface area (Å²) in [5.74, 6) is -0.412. The van der Waals surface area contributed by atoms with Crippen LogP contribution in [0.2, 0.25) is 0 Å². The van der Waals surface area contributed by atoms with Crippen molar-refractivity contribution in [1.82, 2.24) is 24.9 Å². The van der Waals surface area contributed by atoms with Crippen LogP contribution in [0.1, 0.15) is 55.7 Å². The Hall–Kier alpha value is -1.36. The number of amides is 1. The average molecular weight is 513 g/mol. The maximum atomic E-state index is 13.2. The molecule has 27 heavy (non-hydrogen) atoms. The number of alkyl halides is 3. The fourth-order valence-electron chi connectivity index (χ4n) is 2.89. The summed E-state index contributed by atoms with van der Waals surface area (Å²) in [4.78, 5) is 12.6. The highest BCUT2D eigenvalue weighted by molar-refractivity contribution is 9.10. The minimum Gasteiger partial charge on any atom is -0.349 e. The monoisotopic (exact) mass is 511 g/mol. The lowest BCUT2D eigenvalue weighted by Crippen LogP contribution is -2.32. The van der Waals surface area contributed by atoms with E-state index in [1.165, 1.54) is 4.68 Å². The van der Waals surface area contributed by atoms with Gasteiger partial charge < -0.3 is 5.32 Å². The Morgan fingerprint density at radius 2 is 2.07 bits per heavy atom. The van der Waals surface area contributed by atoms with Crippen LogP contribution in [-0.4, -0.2) is 25.5 Å². The Kier molecular flexibility index (Phi) is 5.72. The summed E-state index contributed by atoms with van der Waals surface area (Å²) >= 11 is 6.42. The number of hydrogen-bond donors (Lipinski definition) is 1. The summed E-state index contributed by atoms with van der Waals surface area (Å²) in [6.45, 7) is 4.33. The summed E-state index contributed by atoms with van der Waals surface area (Å²) in [6, 6.07) is -0.871. The van der Waals surface area contributed by atoms with Crippen LogP contribution in [0.25, 0.3) is 0 Å². The van der Waals surface area contributed by atoms with Gasteiger partial charge in [0.15, 0.2) is 5.69 Å². The second-order valence-corrected chi connectivity index (χ2v) is 8.06. The molecule has 2 aromatic heterocycles. The van der Waals surface area contributed by atoms with E-state index in [-0.39, 0.29) is 16.9 Å². The highest BCUT2D eigenvalue weighted by Gasteiger charge is 2.43.